The van der Waals surface area contributed by atoms with Gasteiger partial charge in [-0.05, 0) is 71.8 Å². The van der Waals surface area contributed by atoms with Crippen molar-refractivity contribution in [3.05, 3.63) is 113 Å². The summed E-state index contributed by atoms with van der Waals surface area (Å²) in [6.45, 7) is 0.724. The molecule has 0 bridgehead atoms. The molecule has 0 radical (unpaired) electrons. The molecule has 0 aliphatic heterocycles. The predicted molar refractivity (Wildman–Crippen MR) is 129 cm³/mol. The highest BCUT2D eigenvalue weighted by Gasteiger charge is 2.13. The molecule has 0 atom stereocenters. The van der Waals surface area contributed by atoms with Gasteiger partial charge in [-0.15, -0.1) is 0 Å². The van der Waals surface area contributed by atoms with Crippen LogP contribution in [0.2, 0.25) is 5.02 Å². The van der Waals surface area contributed by atoms with Crippen LogP contribution in [0.5, 0.6) is 23.0 Å². The molecule has 0 amide bonds. The maximum Gasteiger partial charge on any atom is 0.180 e. The first kappa shape index (κ1) is 22.5. The van der Waals surface area contributed by atoms with Crippen LogP contribution in [0, 0.1) is 5.82 Å². The van der Waals surface area contributed by atoms with Gasteiger partial charge in [0.2, 0.25) is 0 Å². The van der Waals surface area contributed by atoms with Gasteiger partial charge in [0, 0.05) is 12.2 Å². The number of benzene rings is 4. The summed E-state index contributed by atoms with van der Waals surface area (Å²) in [4.78, 5) is 0. The lowest BCUT2D eigenvalue weighted by Gasteiger charge is -2.15. The van der Waals surface area contributed by atoms with Crippen LogP contribution in [0.15, 0.2) is 91.0 Å². The van der Waals surface area contributed by atoms with Gasteiger partial charge in [0.15, 0.2) is 11.5 Å². The topological polar surface area (TPSA) is 39.7 Å². The first-order valence-corrected chi connectivity index (χ1v) is 10.8. The van der Waals surface area contributed by atoms with E-state index in [2.05, 4.69) is 5.32 Å². The Morgan fingerprint density at radius 2 is 1.58 bits per heavy atom. The van der Waals surface area contributed by atoms with E-state index in [1.807, 2.05) is 66.7 Å². The maximum atomic E-state index is 13.4. The minimum absolute atomic E-state index is 0.183. The first-order valence-electron chi connectivity index (χ1n) is 10.4. The van der Waals surface area contributed by atoms with Gasteiger partial charge in [-0.2, -0.15) is 0 Å². The van der Waals surface area contributed by atoms with Gasteiger partial charge >= 0.3 is 0 Å². The molecule has 0 fully saturated rings. The fourth-order valence-electron chi connectivity index (χ4n) is 3.27. The number of nitrogens with one attached hydrogen (secondary N) is 1. The fraction of sp³-hybridized carbons (Fsp3) is 0.111. The molecule has 33 heavy (non-hydrogen) atoms. The molecular weight excluding hydrogens is 441 g/mol. The lowest BCUT2D eigenvalue weighted by molar-refractivity contribution is 0.284. The molecule has 0 aromatic heterocycles. The van der Waals surface area contributed by atoms with E-state index in [1.54, 1.807) is 19.2 Å². The molecule has 1 N–H and O–H groups in total. The average molecular weight is 464 g/mol. The second-order valence-electron chi connectivity index (χ2n) is 7.32. The average Bonchev–Trinajstić information content (AvgIpc) is 2.83. The molecule has 4 aromatic carbocycles. The van der Waals surface area contributed by atoms with E-state index in [-0.39, 0.29) is 12.4 Å². The molecule has 0 spiro atoms. The highest BCUT2D eigenvalue weighted by molar-refractivity contribution is 6.32. The van der Waals surface area contributed by atoms with Crippen molar-refractivity contribution in [1.29, 1.82) is 0 Å². The smallest absolute Gasteiger partial charge is 0.180 e. The summed E-state index contributed by atoms with van der Waals surface area (Å²) < 4.78 is 30.5. The molecule has 0 unspecified atom stereocenters. The van der Waals surface area contributed by atoms with Crippen LogP contribution < -0.4 is 19.5 Å². The first-order chi connectivity index (χ1) is 16.1. The second-order valence-corrected chi connectivity index (χ2v) is 7.73. The van der Waals surface area contributed by atoms with E-state index in [4.69, 9.17) is 25.8 Å². The van der Waals surface area contributed by atoms with Crippen LogP contribution in [0.25, 0.3) is 0 Å². The summed E-state index contributed by atoms with van der Waals surface area (Å²) >= 11 is 6.47. The zero-order valence-corrected chi connectivity index (χ0v) is 18.8. The summed E-state index contributed by atoms with van der Waals surface area (Å²) in [6, 6.07) is 27.3. The number of rotatable bonds is 9. The molecule has 168 valence electrons. The van der Waals surface area contributed by atoms with Crippen LogP contribution in [0.3, 0.4) is 0 Å². The molecule has 0 saturated heterocycles. The van der Waals surface area contributed by atoms with Crippen molar-refractivity contribution in [2.75, 3.05) is 12.4 Å². The third-order valence-corrected chi connectivity index (χ3v) is 5.17. The zero-order chi connectivity index (χ0) is 23.0. The Labute approximate surface area is 197 Å². The fourth-order valence-corrected chi connectivity index (χ4v) is 3.56. The lowest BCUT2D eigenvalue weighted by atomic mass is 10.2. The van der Waals surface area contributed by atoms with Crippen LogP contribution in [0.4, 0.5) is 10.1 Å². The molecule has 0 saturated carbocycles. The molecule has 6 heteroatoms. The van der Waals surface area contributed by atoms with E-state index in [0.717, 1.165) is 22.7 Å². The van der Waals surface area contributed by atoms with Crippen molar-refractivity contribution in [1.82, 2.24) is 0 Å². The molecule has 0 heterocycles. The van der Waals surface area contributed by atoms with Gasteiger partial charge in [0.1, 0.15) is 23.9 Å². The summed E-state index contributed by atoms with van der Waals surface area (Å²) in [7, 11) is 1.56. The van der Waals surface area contributed by atoms with Gasteiger partial charge in [0.25, 0.3) is 0 Å². The summed E-state index contributed by atoms with van der Waals surface area (Å²) in [5.74, 6) is 2.18. The maximum absolute atomic E-state index is 13.4. The molecule has 4 aromatic rings. The van der Waals surface area contributed by atoms with Gasteiger partial charge in [-0.25, -0.2) is 4.39 Å². The van der Waals surface area contributed by atoms with Crippen molar-refractivity contribution in [3.63, 3.8) is 0 Å². The number of para-hydroxylation sites is 1. The minimum atomic E-state index is -0.310. The standard InChI is InChI=1S/C27H23ClFNO3/c1-31-26-16-20(15-25(28)27(26)32-18-19-6-5-7-21(29)14-19)17-30-22-10-12-24(13-11-22)33-23-8-3-2-4-9-23/h2-16,30H,17-18H2,1H3. The van der Waals surface area contributed by atoms with Crippen LogP contribution in [-0.4, -0.2) is 7.11 Å². The largest absolute Gasteiger partial charge is 0.493 e. The Bertz CT molecular complexity index is 1200. The van der Waals surface area contributed by atoms with Crippen LogP contribution in [0.1, 0.15) is 11.1 Å². The molecule has 4 rings (SSSR count). The van der Waals surface area contributed by atoms with Crippen molar-refractivity contribution in [2.24, 2.45) is 0 Å². The van der Waals surface area contributed by atoms with Crippen LogP contribution >= 0.6 is 11.6 Å². The van der Waals surface area contributed by atoms with Crippen molar-refractivity contribution >= 4 is 17.3 Å². The van der Waals surface area contributed by atoms with E-state index in [9.17, 15) is 4.39 Å². The Kier molecular flexibility index (Phi) is 7.33. The number of methoxy groups -OCH3 is 1. The zero-order valence-electron chi connectivity index (χ0n) is 18.1. The van der Waals surface area contributed by atoms with Crippen molar-refractivity contribution in [3.8, 4) is 23.0 Å². The molecular formula is C27H23ClFNO3. The summed E-state index contributed by atoms with van der Waals surface area (Å²) in [5, 5.41) is 3.79. The number of ether oxygens (including phenoxy) is 3. The van der Waals surface area contributed by atoms with Crippen LogP contribution in [-0.2, 0) is 13.2 Å². The quantitative estimate of drug-likeness (QED) is 0.279. The Morgan fingerprint density at radius 1 is 0.818 bits per heavy atom. The van der Waals surface area contributed by atoms with Gasteiger partial charge in [0.05, 0.1) is 12.1 Å². The SMILES string of the molecule is COc1cc(CNc2ccc(Oc3ccccc3)cc2)cc(Cl)c1OCc1cccc(F)c1. The van der Waals surface area contributed by atoms with E-state index in [0.29, 0.717) is 28.6 Å². The van der Waals surface area contributed by atoms with E-state index in [1.165, 1.54) is 12.1 Å². The van der Waals surface area contributed by atoms with E-state index >= 15 is 0 Å². The molecule has 0 aliphatic rings. The highest BCUT2D eigenvalue weighted by atomic mass is 35.5. The Morgan fingerprint density at radius 3 is 2.30 bits per heavy atom. The number of hydrogen-bond donors (Lipinski definition) is 1. The normalized spacial score (nSPS) is 10.5. The van der Waals surface area contributed by atoms with E-state index < -0.39 is 0 Å². The van der Waals surface area contributed by atoms with Crippen molar-refractivity contribution < 1.29 is 18.6 Å². The third kappa shape index (κ3) is 6.18. The number of anilines is 1. The second kappa shape index (κ2) is 10.7. The minimum Gasteiger partial charge on any atom is -0.493 e. The van der Waals surface area contributed by atoms with Gasteiger partial charge in [-0.1, -0.05) is 41.9 Å². The lowest BCUT2D eigenvalue weighted by Crippen LogP contribution is -2.03. The van der Waals surface area contributed by atoms with Gasteiger partial charge < -0.3 is 19.5 Å². The number of hydrogen-bond acceptors (Lipinski definition) is 4. The predicted octanol–water partition coefficient (Wildman–Crippen LogP) is 7.47. The molecule has 4 nitrogen and oxygen atoms in total. The Hall–Kier alpha value is -3.70. The Balaban J connectivity index is 1.38. The third-order valence-electron chi connectivity index (χ3n) is 4.89. The highest BCUT2D eigenvalue weighted by Crippen LogP contribution is 2.37. The molecule has 0 aliphatic carbocycles. The number of halogens is 2. The van der Waals surface area contributed by atoms with Gasteiger partial charge in [-0.3, -0.25) is 0 Å². The monoisotopic (exact) mass is 463 g/mol. The van der Waals surface area contributed by atoms with Crippen molar-refractivity contribution in [2.45, 2.75) is 13.2 Å². The summed E-state index contributed by atoms with van der Waals surface area (Å²) in [5.41, 5.74) is 2.58. The summed E-state index contributed by atoms with van der Waals surface area (Å²) in [6.07, 6.45) is 0.